The molecule has 0 bridgehead atoms. The molecular weight excluding hydrogens is 326 g/mol. The molecule has 0 aromatic carbocycles. The van der Waals surface area contributed by atoms with Crippen molar-refractivity contribution < 1.29 is 23.2 Å². The van der Waals surface area contributed by atoms with Crippen molar-refractivity contribution in [2.45, 2.75) is 24.0 Å². The van der Waals surface area contributed by atoms with Gasteiger partial charge in [-0.25, -0.2) is 8.78 Å². The Bertz CT molecular complexity index is 422. The molecule has 0 aromatic rings. The molecule has 0 radical (unpaired) electrons. The lowest BCUT2D eigenvalue weighted by molar-refractivity contribution is -0.135. The second-order valence-electron chi connectivity index (χ2n) is 4.64. The van der Waals surface area contributed by atoms with Crippen LogP contribution in [0.2, 0.25) is 0 Å². The zero-order valence-electron chi connectivity index (χ0n) is 11.2. The van der Waals surface area contributed by atoms with Gasteiger partial charge >= 0.3 is 0 Å². The second kappa shape index (κ2) is 7.38. The van der Waals surface area contributed by atoms with Gasteiger partial charge in [-0.1, -0.05) is 0 Å². The van der Waals surface area contributed by atoms with Crippen molar-refractivity contribution in [3.8, 4) is 0 Å². The van der Waals surface area contributed by atoms with Crippen LogP contribution in [0.3, 0.4) is 0 Å². The number of halogens is 2. The van der Waals surface area contributed by atoms with Crippen molar-refractivity contribution in [3.63, 3.8) is 0 Å². The first-order valence-electron chi connectivity index (χ1n) is 5.68. The van der Waals surface area contributed by atoms with E-state index in [1.807, 2.05) is 5.32 Å². The van der Waals surface area contributed by atoms with Crippen molar-refractivity contribution in [3.05, 3.63) is 0 Å². The molecule has 0 aliphatic rings. The highest BCUT2D eigenvalue weighted by Gasteiger charge is 2.41. The van der Waals surface area contributed by atoms with Crippen LogP contribution in [0, 0.1) is 0 Å². The maximum Gasteiger partial charge on any atom is 0.273 e. The van der Waals surface area contributed by atoms with Crippen molar-refractivity contribution in [2.75, 3.05) is 18.1 Å². The fraction of sp³-hybridized carbons (Fsp3) is 0.700. The first-order chi connectivity index (χ1) is 9.46. The van der Waals surface area contributed by atoms with Gasteiger partial charge in [0.15, 0.2) is 0 Å². The van der Waals surface area contributed by atoms with E-state index >= 15 is 0 Å². The fourth-order valence-electron chi connectivity index (χ4n) is 1.12. The molecule has 0 unspecified atom stereocenters. The number of aldehydes is 1. The number of nitrogens with two attached hydrogens (primary N) is 2. The molecule has 7 nitrogen and oxygen atoms in total. The molecule has 3 atom stereocenters. The summed E-state index contributed by atoms with van der Waals surface area (Å²) in [5.74, 6) is -8.98. The predicted octanol–water partition coefficient (Wildman–Crippen LogP) is -1.71. The van der Waals surface area contributed by atoms with Gasteiger partial charge in [0.05, 0.1) is 0 Å². The number of nitrogens with one attached hydrogen (secondary N) is 2. The van der Waals surface area contributed by atoms with Crippen LogP contribution in [0.5, 0.6) is 0 Å². The Morgan fingerprint density at radius 1 is 1.29 bits per heavy atom. The van der Waals surface area contributed by atoms with Crippen LogP contribution in [-0.4, -0.2) is 53.3 Å². The van der Waals surface area contributed by atoms with E-state index in [1.54, 1.807) is 0 Å². The first-order valence-corrected chi connectivity index (χ1v) is 6.95. The third-order valence-electron chi connectivity index (χ3n) is 2.61. The van der Waals surface area contributed by atoms with E-state index < -0.39 is 41.2 Å². The summed E-state index contributed by atoms with van der Waals surface area (Å²) in [4.78, 5) is 33.7. The Balaban J connectivity index is 5.11. The van der Waals surface area contributed by atoms with E-state index in [-0.39, 0.29) is 12.0 Å². The summed E-state index contributed by atoms with van der Waals surface area (Å²) in [6, 6.07) is 0. The van der Waals surface area contributed by atoms with E-state index in [4.69, 9.17) is 11.5 Å². The van der Waals surface area contributed by atoms with Crippen molar-refractivity contribution >= 4 is 43.4 Å². The van der Waals surface area contributed by atoms with Crippen LogP contribution in [0.1, 0.15) is 6.92 Å². The summed E-state index contributed by atoms with van der Waals surface area (Å²) in [7, 11) is 0. The van der Waals surface area contributed by atoms with Gasteiger partial charge in [-0.3, -0.25) is 20.6 Å². The van der Waals surface area contributed by atoms with Gasteiger partial charge in [-0.2, -0.15) is 25.3 Å². The average molecular weight is 344 g/mol. The highest BCUT2D eigenvalue weighted by Crippen LogP contribution is 2.13. The Kier molecular flexibility index (Phi) is 7.06. The normalized spacial score (nSPS) is 19.7. The molecule has 0 spiro atoms. The summed E-state index contributed by atoms with van der Waals surface area (Å²) in [5, 5.41) is 4.08. The minimum absolute atomic E-state index is 0.233. The SMILES string of the molecule is C[C@](N)(F)C(=O)N[C@@](C=O)(CS)CN[C@](F)(CS)C(N)=O. The first kappa shape index (κ1) is 20.1. The van der Waals surface area contributed by atoms with Crippen LogP contribution < -0.4 is 22.1 Å². The highest BCUT2D eigenvalue weighted by atomic mass is 32.1. The van der Waals surface area contributed by atoms with Gasteiger partial charge in [0.2, 0.25) is 11.6 Å². The lowest BCUT2D eigenvalue weighted by Gasteiger charge is -2.32. The Morgan fingerprint density at radius 3 is 2.10 bits per heavy atom. The maximum absolute atomic E-state index is 14.0. The van der Waals surface area contributed by atoms with Crippen LogP contribution in [0.15, 0.2) is 0 Å². The van der Waals surface area contributed by atoms with Crippen LogP contribution in [0.25, 0.3) is 0 Å². The van der Waals surface area contributed by atoms with Crippen molar-refractivity contribution in [2.24, 2.45) is 11.5 Å². The molecule has 6 N–H and O–H groups in total. The standard InChI is InChI=1S/C10H18F2N4O3S2/c1-8(11,14)7(19)16-9(3-17,4-20)2-15-10(12,5-21)6(13)18/h3,15,20-21H,2,4-5,14H2,1H3,(H2,13,18)(H,16,19)/t8-,9+,10-/m1/s1. The zero-order valence-corrected chi connectivity index (χ0v) is 13.0. The molecule has 0 aliphatic carbocycles. The van der Waals surface area contributed by atoms with Gasteiger partial charge in [0.25, 0.3) is 11.8 Å². The topological polar surface area (TPSA) is 127 Å². The minimum atomic E-state index is -2.74. The second-order valence-corrected chi connectivity index (χ2v) is 5.27. The van der Waals surface area contributed by atoms with Crippen molar-refractivity contribution in [1.82, 2.24) is 10.6 Å². The highest BCUT2D eigenvalue weighted by molar-refractivity contribution is 7.80. The Labute approximate surface area is 131 Å². The Hall–Kier alpha value is -0.910. The molecule has 11 heteroatoms. The number of hydrogen-bond acceptors (Lipinski definition) is 7. The van der Waals surface area contributed by atoms with Crippen molar-refractivity contribution in [1.29, 1.82) is 0 Å². The number of hydrogen-bond donors (Lipinski definition) is 6. The lowest BCUT2D eigenvalue weighted by Crippen LogP contribution is -2.66. The fourth-order valence-corrected chi connectivity index (χ4v) is 1.65. The molecule has 0 saturated carbocycles. The van der Waals surface area contributed by atoms with E-state index in [9.17, 15) is 23.2 Å². The molecule has 0 fully saturated rings. The number of carbonyl (C=O) groups is 3. The molecule has 0 aromatic heterocycles. The molecular formula is C10H18F2N4O3S2. The molecule has 0 rings (SSSR count). The van der Waals surface area contributed by atoms with Gasteiger partial charge in [-0.15, -0.1) is 0 Å². The van der Waals surface area contributed by atoms with E-state index in [2.05, 4.69) is 30.6 Å². The molecule has 2 amide bonds. The summed E-state index contributed by atoms with van der Waals surface area (Å²) < 4.78 is 27.3. The number of thiol groups is 2. The van der Waals surface area contributed by atoms with E-state index in [0.29, 0.717) is 0 Å². The number of alkyl halides is 2. The predicted molar refractivity (Wildman–Crippen MR) is 79.4 cm³/mol. The molecule has 0 aliphatic heterocycles. The molecule has 0 saturated heterocycles. The maximum atomic E-state index is 14.0. The molecule has 0 heterocycles. The van der Waals surface area contributed by atoms with Gasteiger partial charge < -0.3 is 15.8 Å². The summed E-state index contributed by atoms with van der Waals surface area (Å²) in [6.07, 6.45) is 0.233. The monoisotopic (exact) mass is 344 g/mol. The number of carbonyl (C=O) groups excluding carboxylic acids is 3. The smallest absolute Gasteiger partial charge is 0.273 e. The zero-order chi connectivity index (χ0) is 16.9. The van der Waals surface area contributed by atoms with E-state index in [1.165, 1.54) is 0 Å². The largest absolute Gasteiger partial charge is 0.366 e. The molecule has 21 heavy (non-hydrogen) atoms. The van der Waals surface area contributed by atoms with Gasteiger partial charge in [-0.05, 0) is 6.92 Å². The third kappa shape index (κ3) is 5.41. The average Bonchev–Trinajstić information content (AvgIpc) is 2.41. The number of primary amides is 1. The Morgan fingerprint density at radius 2 is 1.81 bits per heavy atom. The summed E-state index contributed by atoms with van der Waals surface area (Å²) in [6.45, 7) is 0.211. The lowest BCUT2D eigenvalue weighted by atomic mass is 10.0. The molecule has 122 valence electrons. The quantitative estimate of drug-likeness (QED) is 0.169. The number of amides is 2. The number of rotatable bonds is 9. The summed E-state index contributed by atoms with van der Waals surface area (Å²) in [5.41, 5.74) is 8.04. The van der Waals surface area contributed by atoms with Crippen LogP contribution >= 0.6 is 25.3 Å². The third-order valence-corrected chi connectivity index (χ3v) is 3.61. The van der Waals surface area contributed by atoms with E-state index in [0.717, 1.165) is 6.92 Å². The van der Waals surface area contributed by atoms with Crippen LogP contribution in [0.4, 0.5) is 8.78 Å². The summed E-state index contributed by atoms with van der Waals surface area (Å²) >= 11 is 7.49. The van der Waals surface area contributed by atoms with Gasteiger partial charge in [0, 0.05) is 18.1 Å². The minimum Gasteiger partial charge on any atom is -0.366 e. The van der Waals surface area contributed by atoms with Gasteiger partial charge in [0.1, 0.15) is 11.8 Å². The van der Waals surface area contributed by atoms with Crippen LogP contribution in [-0.2, 0) is 14.4 Å².